The van der Waals surface area contributed by atoms with Crippen molar-refractivity contribution in [1.82, 2.24) is 20.5 Å². The van der Waals surface area contributed by atoms with E-state index in [1.807, 2.05) is 11.7 Å². The van der Waals surface area contributed by atoms with Crippen LogP contribution in [0.4, 0.5) is 0 Å². The first kappa shape index (κ1) is 11.3. The molecule has 0 amide bonds. The number of hydrogen-bond donors (Lipinski definition) is 2. The van der Waals surface area contributed by atoms with Crippen molar-refractivity contribution in [3.05, 3.63) is 34.0 Å². The maximum absolute atomic E-state index is 4.22. The van der Waals surface area contributed by atoms with Gasteiger partial charge in [-0.05, 0) is 31.9 Å². The second kappa shape index (κ2) is 5.77. The molecule has 0 atom stereocenters. The fraction of sp³-hybridized carbons (Fsp3) is 0.455. The van der Waals surface area contributed by atoms with Gasteiger partial charge in [-0.2, -0.15) is 5.10 Å². The fourth-order valence-corrected chi connectivity index (χ4v) is 2.13. The molecule has 0 bridgehead atoms. The molecule has 5 heteroatoms. The highest BCUT2D eigenvalue weighted by atomic mass is 32.1. The zero-order chi connectivity index (χ0) is 11.2. The Balaban J connectivity index is 1.61. The number of hydrogen-bond acceptors (Lipinski definition) is 4. The molecule has 0 aliphatic rings. The number of aromatic nitrogens is 3. The third-order valence-electron chi connectivity index (χ3n) is 2.52. The van der Waals surface area contributed by atoms with Crippen molar-refractivity contribution in [1.29, 1.82) is 0 Å². The van der Waals surface area contributed by atoms with E-state index >= 15 is 0 Å². The molecule has 0 aromatic carbocycles. The summed E-state index contributed by atoms with van der Waals surface area (Å²) in [7, 11) is 0. The average molecular weight is 236 g/mol. The molecule has 2 N–H and O–H groups in total. The molecule has 0 fully saturated rings. The van der Waals surface area contributed by atoms with Crippen LogP contribution >= 0.6 is 11.3 Å². The van der Waals surface area contributed by atoms with E-state index in [1.54, 1.807) is 11.3 Å². The molecule has 0 saturated carbocycles. The van der Waals surface area contributed by atoms with Crippen molar-refractivity contribution >= 4 is 11.3 Å². The maximum atomic E-state index is 4.22. The van der Waals surface area contributed by atoms with Gasteiger partial charge >= 0.3 is 0 Å². The Morgan fingerprint density at radius 1 is 1.50 bits per heavy atom. The van der Waals surface area contributed by atoms with Crippen molar-refractivity contribution in [3.63, 3.8) is 0 Å². The normalized spacial score (nSPS) is 10.8. The lowest BCUT2D eigenvalue weighted by Crippen LogP contribution is -2.15. The molecular formula is C11H16N4S. The van der Waals surface area contributed by atoms with E-state index in [0.717, 1.165) is 31.6 Å². The fourth-order valence-electron chi connectivity index (χ4n) is 1.57. The lowest BCUT2D eigenvalue weighted by Gasteiger charge is -2.02. The third-order valence-corrected chi connectivity index (χ3v) is 3.16. The summed E-state index contributed by atoms with van der Waals surface area (Å²) in [5, 5.41) is 12.4. The topological polar surface area (TPSA) is 53.6 Å². The maximum Gasteiger partial charge on any atom is 0.0795 e. The molecule has 0 aliphatic carbocycles. The lowest BCUT2D eigenvalue weighted by molar-refractivity contribution is 0.642. The van der Waals surface area contributed by atoms with E-state index in [-0.39, 0.29) is 0 Å². The Hall–Kier alpha value is -1.20. The summed E-state index contributed by atoms with van der Waals surface area (Å²) in [6.45, 7) is 3.95. The van der Waals surface area contributed by atoms with E-state index in [4.69, 9.17) is 0 Å². The van der Waals surface area contributed by atoms with Crippen LogP contribution in [0.1, 0.15) is 23.4 Å². The average Bonchev–Trinajstić information content (AvgIpc) is 2.90. The Morgan fingerprint density at radius 3 is 3.12 bits per heavy atom. The third kappa shape index (κ3) is 3.15. The summed E-state index contributed by atoms with van der Waals surface area (Å²) in [5.74, 6) is 0. The van der Waals surface area contributed by atoms with Gasteiger partial charge in [0.2, 0.25) is 0 Å². The summed E-state index contributed by atoms with van der Waals surface area (Å²) < 4.78 is 0. The summed E-state index contributed by atoms with van der Waals surface area (Å²) >= 11 is 1.64. The molecule has 2 aromatic heterocycles. The Labute approximate surface area is 99.1 Å². The predicted molar refractivity (Wildman–Crippen MR) is 65.5 cm³/mol. The number of thiazole rings is 1. The Bertz CT molecular complexity index is 407. The van der Waals surface area contributed by atoms with Crippen LogP contribution in [0.3, 0.4) is 0 Å². The largest absolute Gasteiger partial charge is 0.311 e. The summed E-state index contributed by atoms with van der Waals surface area (Å²) in [5.41, 5.74) is 5.49. The second-order valence-electron chi connectivity index (χ2n) is 3.78. The Kier molecular flexibility index (Phi) is 4.07. The van der Waals surface area contributed by atoms with Crippen LogP contribution in [0.15, 0.2) is 17.1 Å². The lowest BCUT2D eigenvalue weighted by atomic mass is 10.1. The molecule has 0 radical (unpaired) electrons. The van der Waals surface area contributed by atoms with Crippen LogP contribution in [0, 0.1) is 6.92 Å². The molecule has 4 nitrogen and oxygen atoms in total. The minimum Gasteiger partial charge on any atom is -0.311 e. The number of aryl methyl sites for hydroxylation is 2. The van der Waals surface area contributed by atoms with Crippen LogP contribution in [-0.2, 0) is 13.0 Å². The van der Waals surface area contributed by atoms with Crippen molar-refractivity contribution in [2.24, 2.45) is 0 Å². The molecule has 0 aliphatic heterocycles. The minimum absolute atomic E-state index is 0.869. The van der Waals surface area contributed by atoms with Crippen molar-refractivity contribution < 1.29 is 0 Å². The molecule has 2 heterocycles. The predicted octanol–water partition coefficient (Wildman–Crippen LogP) is 1.90. The standard InChI is InChI=1S/C11H16N4S/c1-9-10(5-14-15-9)3-2-4-12-6-11-7-16-8-13-11/h5,7-8,12H,2-4,6H2,1H3,(H,14,15). The van der Waals surface area contributed by atoms with Gasteiger partial charge in [0.15, 0.2) is 0 Å². The summed E-state index contributed by atoms with van der Waals surface area (Å²) in [4.78, 5) is 4.22. The van der Waals surface area contributed by atoms with E-state index in [2.05, 4.69) is 32.8 Å². The van der Waals surface area contributed by atoms with Gasteiger partial charge in [-0.3, -0.25) is 5.10 Å². The number of rotatable bonds is 6. The number of H-pyrrole nitrogens is 1. The minimum atomic E-state index is 0.869. The molecule has 2 rings (SSSR count). The van der Waals surface area contributed by atoms with E-state index in [0.29, 0.717) is 0 Å². The molecule has 16 heavy (non-hydrogen) atoms. The second-order valence-corrected chi connectivity index (χ2v) is 4.50. The van der Waals surface area contributed by atoms with Gasteiger partial charge in [0.25, 0.3) is 0 Å². The van der Waals surface area contributed by atoms with Crippen LogP contribution in [0.25, 0.3) is 0 Å². The van der Waals surface area contributed by atoms with Crippen LogP contribution in [-0.4, -0.2) is 21.7 Å². The van der Waals surface area contributed by atoms with Crippen LogP contribution in [0.2, 0.25) is 0 Å². The molecule has 2 aromatic rings. The van der Waals surface area contributed by atoms with Gasteiger partial charge in [-0.25, -0.2) is 4.98 Å². The van der Waals surface area contributed by atoms with Gasteiger partial charge < -0.3 is 5.32 Å². The molecule has 0 spiro atoms. The van der Waals surface area contributed by atoms with Crippen molar-refractivity contribution in [2.45, 2.75) is 26.3 Å². The number of nitrogens with one attached hydrogen (secondary N) is 2. The number of nitrogens with zero attached hydrogens (tertiary/aromatic N) is 2. The zero-order valence-corrected chi connectivity index (χ0v) is 10.2. The van der Waals surface area contributed by atoms with Crippen LogP contribution in [0.5, 0.6) is 0 Å². The van der Waals surface area contributed by atoms with E-state index in [9.17, 15) is 0 Å². The molecule has 0 unspecified atom stereocenters. The summed E-state index contributed by atoms with van der Waals surface area (Å²) in [6, 6.07) is 0. The zero-order valence-electron chi connectivity index (χ0n) is 9.36. The van der Waals surface area contributed by atoms with Gasteiger partial charge in [-0.1, -0.05) is 0 Å². The highest BCUT2D eigenvalue weighted by Crippen LogP contribution is 2.05. The first-order chi connectivity index (χ1) is 7.86. The SMILES string of the molecule is Cc1[nH]ncc1CCCNCc1cscn1. The first-order valence-corrected chi connectivity index (χ1v) is 6.37. The smallest absolute Gasteiger partial charge is 0.0795 e. The van der Waals surface area contributed by atoms with Crippen LogP contribution < -0.4 is 5.32 Å². The van der Waals surface area contributed by atoms with E-state index < -0.39 is 0 Å². The highest BCUT2D eigenvalue weighted by Gasteiger charge is 1.99. The van der Waals surface area contributed by atoms with Gasteiger partial charge in [0.05, 0.1) is 17.4 Å². The molecular weight excluding hydrogens is 220 g/mol. The molecule has 0 saturated heterocycles. The van der Waals surface area contributed by atoms with Gasteiger partial charge in [0, 0.05) is 17.6 Å². The highest BCUT2D eigenvalue weighted by molar-refractivity contribution is 7.07. The first-order valence-electron chi connectivity index (χ1n) is 5.43. The Morgan fingerprint density at radius 2 is 2.44 bits per heavy atom. The summed E-state index contributed by atoms with van der Waals surface area (Å²) in [6.07, 6.45) is 4.12. The molecule has 86 valence electrons. The van der Waals surface area contributed by atoms with Gasteiger partial charge in [0.1, 0.15) is 0 Å². The van der Waals surface area contributed by atoms with Gasteiger partial charge in [-0.15, -0.1) is 11.3 Å². The van der Waals surface area contributed by atoms with Crippen molar-refractivity contribution in [3.8, 4) is 0 Å². The number of aromatic amines is 1. The quantitative estimate of drug-likeness (QED) is 0.753. The monoisotopic (exact) mass is 236 g/mol. The van der Waals surface area contributed by atoms with E-state index in [1.165, 1.54) is 11.3 Å². The van der Waals surface area contributed by atoms with Crippen molar-refractivity contribution in [2.75, 3.05) is 6.54 Å².